The van der Waals surface area contributed by atoms with Gasteiger partial charge in [0.15, 0.2) is 0 Å². The molecule has 1 aliphatic carbocycles. The van der Waals surface area contributed by atoms with Gasteiger partial charge in [-0.05, 0) is 57.4 Å². The van der Waals surface area contributed by atoms with Crippen LogP contribution >= 0.6 is 0 Å². The van der Waals surface area contributed by atoms with Crippen LogP contribution in [0.4, 0.5) is 5.69 Å². The Morgan fingerprint density at radius 2 is 1.86 bits per heavy atom. The van der Waals surface area contributed by atoms with Gasteiger partial charge in [0.25, 0.3) is 0 Å². The van der Waals surface area contributed by atoms with E-state index in [1.54, 1.807) is 0 Å². The van der Waals surface area contributed by atoms with Gasteiger partial charge >= 0.3 is 0 Å². The Hall–Kier alpha value is -1.06. The smallest absolute Gasteiger partial charge is 0.0706 e. The molecule has 3 nitrogen and oxygen atoms in total. The van der Waals surface area contributed by atoms with Crippen LogP contribution in [-0.4, -0.2) is 30.3 Å². The average Bonchev–Trinajstić information content (AvgIpc) is 2.55. The first-order valence-corrected chi connectivity index (χ1v) is 8.98. The third kappa shape index (κ3) is 2.89. The van der Waals surface area contributed by atoms with Crippen molar-refractivity contribution < 1.29 is 5.11 Å². The lowest BCUT2D eigenvalue weighted by Gasteiger charge is -2.48. The van der Waals surface area contributed by atoms with E-state index in [2.05, 4.69) is 48.3 Å². The van der Waals surface area contributed by atoms with Crippen LogP contribution in [0.1, 0.15) is 57.6 Å². The molecule has 2 N–H and O–H groups in total. The third-order valence-electron chi connectivity index (χ3n) is 5.77. The molecule has 1 saturated carbocycles. The summed E-state index contributed by atoms with van der Waals surface area (Å²) in [5, 5.41) is 14.7. The second kappa shape index (κ2) is 6.59. The minimum absolute atomic E-state index is 0.310. The minimum atomic E-state index is -0.439. The number of benzene rings is 1. The maximum Gasteiger partial charge on any atom is 0.0706 e. The molecule has 122 valence electrons. The molecule has 0 bridgehead atoms. The van der Waals surface area contributed by atoms with Crippen molar-refractivity contribution in [3.63, 3.8) is 0 Å². The summed E-state index contributed by atoms with van der Waals surface area (Å²) in [6, 6.07) is 9.29. The molecule has 3 rings (SSSR count). The van der Waals surface area contributed by atoms with E-state index in [9.17, 15) is 5.11 Å². The summed E-state index contributed by atoms with van der Waals surface area (Å²) in [6.07, 6.45) is 5.47. The van der Waals surface area contributed by atoms with Crippen LogP contribution in [0, 0.1) is 5.92 Å². The number of hydrogen-bond donors (Lipinski definition) is 2. The molecule has 0 spiro atoms. The van der Waals surface area contributed by atoms with Gasteiger partial charge in [-0.1, -0.05) is 25.0 Å². The van der Waals surface area contributed by atoms with Gasteiger partial charge in [-0.3, -0.25) is 0 Å². The van der Waals surface area contributed by atoms with Crippen LogP contribution in [0.15, 0.2) is 24.3 Å². The predicted octanol–water partition coefficient (Wildman–Crippen LogP) is 3.49. The van der Waals surface area contributed by atoms with Gasteiger partial charge in [-0.25, -0.2) is 0 Å². The lowest BCUT2D eigenvalue weighted by Crippen LogP contribution is -2.53. The predicted molar refractivity (Wildman–Crippen MR) is 92.3 cm³/mol. The summed E-state index contributed by atoms with van der Waals surface area (Å²) >= 11 is 0. The summed E-state index contributed by atoms with van der Waals surface area (Å²) < 4.78 is 0. The fourth-order valence-corrected chi connectivity index (χ4v) is 4.45. The summed E-state index contributed by atoms with van der Waals surface area (Å²) in [5.41, 5.74) is 2.19. The zero-order valence-corrected chi connectivity index (χ0v) is 14.0. The highest BCUT2D eigenvalue weighted by atomic mass is 16.3. The maximum absolute atomic E-state index is 11.0. The molecule has 22 heavy (non-hydrogen) atoms. The van der Waals surface area contributed by atoms with Gasteiger partial charge in [-0.15, -0.1) is 0 Å². The first kappa shape index (κ1) is 15.8. The quantitative estimate of drug-likeness (QED) is 0.893. The summed E-state index contributed by atoms with van der Waals surface area (Å²) in [5.74, 6) is 0.370. The molecule has 1 heterocycles. The first-order valence-electron chi connectivity index (χ1n) is 8.98. The van der Waals surface area contributed by atoms with E-state index in [0.29, 0.717) is 12.0 Å². The van der Waals surface area contributed by atoms with Gasteiger partial charge in [-0.2, -0.15) is 0 Å². The van der Waals surface area contributed by atoms with Crippen molar-refractivity contribution >= 4 is 5.69 Å². The van der Waals surface area contributed by atoms with Crippen LogP contribution in [-0.2, 0) is 0 Å². The number of rotatable bonds is 4. The molecule has 1 aromatic rings. The number of aliphatic hydroxyl groups is 1. The van der Waals surface area contributed by atoms with E-state index in [0.717, 1.165) is 38.9 Å². The van der Waals surface area contributed by atoms with Crippen LogP contribution in [0.25, 0.3) is 0 Å². The Kier molecular flexibility index (Phi) is 4.74. The highest BCUT2D eigenvalue weighted by molar-refractivity contribution is 5.48. The number of piperidine rings is 1. The molecule has 3 atom stereocenters. The van der Waals surface area contributed by atoms with E-state index < -0.39 is 5.60 Å². The SMILES string of the molecule is CCN(CC)c1ccc([C@@H]2NCC[C@]3(O)CCCC[C@H]23)cc1. The van der Waals surface area contributed by atoms with Gasteiger partial charge < -0.3 is 15.3 Å². The van der Waals surface area contributed by atoms with Crippen LogP contribution in [0.2, 0.25) is 0 Å². The fraction of sp³-hybridized carbons (Fsp3) is 0.684. The second-order valence-electron chi connectivity index (χ2n) is 6.90. The van der Waals surface area contributed by atoms with Crippen molar-refractivity contribution in [3.8, 4) is 0 Å². The highest BCUT2D eigenvalue weighted by Gasteiger charge is 2.45. The van der Waals surface area contributed by atoms with E-state index in [-0.39, 0.29) is 0 Å². The zero-order valence-electron chi connectivity index (χ0n) is 14.0. The number of anilines is 1. The summed E-state index contributed by atoms with van der Waals surface area (Å²) in [7, 11) is 0. The molecule has 1 saturated heterocycles. The zero-order chi connectivity index (χ0) is 15.6. The Morgan fingerprint density at radius 3 is 2.55 bits per heavy atom. The Labute approximate surface area is 134 Å². The molecular formula is C19H30N2O. The van der Waals surface area contributed by atoms with Crippen molar-refractivity contribution in [2.45, 2.75) is 57.6 Å². The van der Waals surface area contributed by atoms with Gasteiger partial charge in [0.05, 0.1) is 5.60 Å². The monoisotopic (exact) mass is 302 g/mol. The Bertz CT molecular complexity index is 479. The third-order valence-corrected chi connectivity index (χ3v) is 5.77. The lowest BCUT2D eigenvalue weighted by molar-refractivity contribution is -0.0861. The van der Waals surface area contributed by atoms with Crippen LogP contribution in [0.3, 0.4) is 0 Å². The molecular weight excluding hydrogens is 272 g/mol. The average molecular weight is 302 g/mol. The number of nitrogens with one attached hydrogen (secondary N) is 1. The standard InChI is InChI=1S/C19H30N2O/c1-3-21(4-2)16-10-8-15(9-11-16)18-17-7-5-6-12-19(17,22)13-14-20-18/h8-11,17-18,20,22H,3-7,12-14H2,1-2H3/t17-,18+,19-/m1/s1. The molecule has 3 heteroatoms. The normalized spacial score (nSPS) is 31.6. The molecule has 2 aliphatic rings. The molecule has 0 amide bonds. The lowest BCUT2D eigenvalue weighted by atomic mass is 9.67. The number of hydrogen-bond acceptors (Lipinski definition) is 3. The summed E-state index contributed by atoms with van der Waals surface area (Å²) in [4.78, 5) is 2.37. The molecule has 2 fully saturated rings. The maximum atomic E-state index is 11.0. The van der Waals surface area contributed by atoms with Crippen molar-refractivity contribution in [2.75, 3.05) is 24.5 Å². The van der Waals surface area contributed by atoms with Crippen LogP contribution < -0.4 is 10.2 Å². The number of fused-ring (bicyclic) bond motifs is 1. The van der Waals surface area contributed by atoms with E-state index in [1.165, 1.54) is 24.1 Å². The molecule has 0 aromatic heterocycles. The highest BCUT2D eigenvalue weighted by Crippen LogP contribution is 2.45. The second-order valence-corrected chi connectivity index (χ2v) is 6.90. The minimum Gasteiger partial charge on any atom is -0.389 e. The topological polar surface area (TPSA) is 35.5 Å². The van der Waals surface area contributed by atoms with E-state index in [1.807, 2.05) is 0 Å². The molecule has 0 radical (unpaired) electrons. The van der Waals surface area contributed by atoms with E-state index >= 15 is 0 Å². The van der Waals surface area contributed by atoms with Gasteiger partial charge in [0, 0.05) is 30.7 Å². The van der Waals surface area contributed by atoms with Gasteiger partial charge in [0.1, 0.15) is 0 Å². The van der Waals surface area contributed by atoms with E-state index in [4.69, 9.17) is 0 Å². The largest absolute Gasteiger partial charge is 0.389 e. The number of nitrogens with zero attached hydrogens (tertiary/aromatic N) is 1. The van der Waals surface area contributed by atoms with Crippen molar-refractivity contribution in [1.29, 1.82) is 0 Å². The Balaban J connectivity index is 1.80. The molecule has 0 unspecified atom stereocenters. The van der Waals surface area contributed by atoms with Crippen LogP contribution in [0.5, 0.6) is 0 Å². The molecule has 1 aliphatic heterocycles. The van der Waals surface area contributed by atoms with Gasteiger partial charge in [0.2, 0.25) is 0 Å². The van der Waals surface area contributed by atoms with Crippen molar-refractivity contribution in [3.05, 3.63) is 29.8 Å². The first-order chi connectivity index (χ1) is 10.7. The van der Waals surface area contributed by atoms with Crippen molar-refractivity contribution in [1.82, 2.24) is 5.32 Å². The summed E-state index contributed by atoms with van der Waals surface area (Å²) in [6.45, 7) is 7.40. The van der Waals surface area contributed by atoms with Crippen molar-refractivity contribution in [2.24, 2.45) is 5.92 Å². The fourth-order valence-electron chi connectivity index (χ4n) is 4.45. The molecule has 1 aromatic carbocycles. The Morgan fingerprint density at radius 1 is 1.14 bits per heavy atom.